The Kier molecular flexibility index (Phi) is 4.56. The summed E-state index contributed by atoms with van der Waals surface area (Å²) in [5, 5.41) is -0.0219. The first-order chi connectivity index (χ1) is 7.45. The van der Waals surface area contributed by atoms with Crippen molar-refractivity contribution in [3.05, 3.63) is 27.4 Å². The maximum atomic E-state index is 13.2. The molecule has 1 rings (SSSR count). The number of hydrogen-bond acceptors (Lipinski definition) is 2. The van der Waals surface area contributed by atoms with Crippen LogP contribution in [0.1, 0.15) is 13.3 Å². The van der Waals surface area contributed by atoms with Gasteiger partial charge in [-0.3, -0.25) is 4.79 Å². The number of ether oxygens (including phenoxy) is 1. The van der Waals surface area contributed by atoms with Crippen molar-refractivity contribution < 1.29 is 13.9 Å². The Balaban J connectivity index is 2.96. The topological polar surface area (TPSA) is 52.3 Å². The zero-order valence-electron chi connectivity index (χ0n) is 8.47. The van der Waals surface area contributed by atoms with Crippen LogP contribution in [0.4, 0.5) is 4.39 Å². The maximum Gasteiger partial charge on any atom is 0.258 e. The molecule has 0 spiro atoms. The van der Waals surface area contributed by atoms with Gasteiger partial charge >= 0.3 is 0 Å². The largest absolute Gasteiger partial charge is 0.479 e. The van der Waals surface area contributed by atoms with E-state index in [1.54, 1.807) is 6.92 Å². The van der Waals surface area contributed by atoms with Crippen LogP contribution in [-0.2, 0) is 4.79 Å². The fourth-order valence-corrected chi connectivity index (χ4v) is 1.82. The fourth-order valence-electron chi connectivity index (χ4n) is 1.09. The molecule has 16 heavy (non-hydrogen) atoms. The molecule has 0 radical (unpaired) electrons. The number of benzene rings is 1. The van der Waals surface area contributed by atoms with E-state index in [9.17, 15) is 9.18 Å². The minimum Gasteiger partial charge on any atom is -0.479 e. The molecule has 2 N–H and O–H groups in total. The summed E-state index contributed by atoms with van der Waals surface area (Å²) in [6.45, 7) is 1.75. The van der Waals surface area contributed by atoms with Crippen LogP contribution in [0.15, 0.2) is 16.6 Å². The predicted molar refractivity (Wildman–Crippen MR) is 63.0 cm³/mol. The molecule has 0 aliphatic carbocycles. The van der Waals surface area contributed by atoms with E-state index in [1.165, 1.54) is 6.07 Å². The number of carbonyl (C=O) groups excluding carboxylic acids is 1. The van der Waals surface area contributed by atoms with E-state index in [0.717, 1.165) is 6.07 Å². The summed E-state index contributed by atoms with van der Waals surface area (Å²) < 4.78 is 18.9. The van der Waals surface area contributed by atoms with Crippen LogP contribution in [0.3, 0.4) is 0 Å². The molecule has 0 aromatic heterocycles. The predicted octanol–water partition coefficient (Wildman–Crippen LogP) is 2.88. The SMILES string of the molecule is CCC(Oc1cc(F)c(Cl)cc1Br)C(N)=O. The molecule has 88 valence electrons. The quantitative estimate of drug-likeness (QED) is 0.869. The average Bonchev–Trinajstić information content (AvgIpc) is 2.21. The highest BCUT2D eigenvalue weighted by atomic mass is 79.9. The molecule has 1 amide bonds. The summed E-state index contributed by atoms with van der Waals surface area (Å²) in [7, 11) is 0. The van der Waals surface area contributed by atoms with Crippen molar-refractivity contribution in [2.75, 3.05) is 0 Å². The molecule has 3 nitrogen and oxygen atoms in total. The van der Waals surface area contributed by atoms with E-state index >= 15 is 0 Å². The molecule has 0 aliphatic rings. The van der Waals surface area contributed by atoms with Gasteiger partial charge in [-0.05, 0) is 28.4 Å². The van der Waals surface area contributed by atoms with Crippen LogP contribution in [0.25, 0.3) is 0 Å². The van der Waals surface area contributed by atoms with Crippen molar-refractivity contribution >= 4 is 33.4 Å². The van der Waals surface area contributed by atoms with Gasteiger partial charge in [0, 0.05) is 6.07 Å². The molecule has 6 heteroatoms. The minimum absolute atomic E-state index is 0.0219. The molecule has 0 aliphatic heterocycles. The van der Waals surface area contributed by atoms with E-state index in [2.05, 4.69) is 15.9 Å². The van der Waals surface area contributed by atoms with Crippen molar-refractivity contribution in [3.8, 4) is 5.75 Å². The number of nitrogens with two attached hydrogens (primary N) is 1. The molecule has 1 unspecified atom stereocenters. The number of carbonyl (C=O) groups is 1. The standard InChI is InChI=1S/C10H10BrClFNO2/c1-2-8(10(14)15)16-9-4-7(13)6(12)3-5(9)11/h3-4,8H,2H2,1H3,(H2,14,15). The van der Waals surface area contributed by atoms with E-state index in [4.69, 9.17) is 22.1 Å². The van der Waals surface area contributed by atoms with E-state index in [1.807, 2.05) is 0 Å². The van der Waals surface area contributed by atoms with Gasteiger partial charge in [0.1, 0.15) is 11.6 Å². The summed E-state index contributed by atoms with van der Waals surface area (Å²) in [4.78, 5) is 11.0. The van der Waals surface area contributed by atoms with Crippen LogP contribution in [0.5, 0.6) is 5.75 Å². The van der Waals surface area contributed by atoms with Crippen LogP contribution >= 0.6 is 27.5 Å². The Morgan fingerprint density at radius 2 is 2.31 bits per heavy atom. The average molecular weight is 311 g/mol. The first kappa shape index (κ1) is 13.3. The molecule has 0 bridgehead atoms. The second-order valence-electron chi connectivity index (χ2n) is 3.11. The van der Waals surface area contributed by atoms with E-state index < -0.39 is 17.8 Å². The Bertz CT molecular complexity index is 414. The van der Waals surface area contributed by atoms with Gasteiger partial charge in [0.2, 0.25) is 0 Å². The first-order valence-electron chi connectivity index (χ1n) is 4.56. The number of amides is 1. The van der Waals surface area contributed by atoms with Crippen LogP contribution in [0, 0.1) is 5.82 Å². The fraction of sp³-hybridized carbons (Fsp3) is 0.300. The lowest BCUT2D eigenvalue weighted by Crippen LogP contribution is -2.33. The molecule has 0 saturated carbocycles. The van der Waals surface area contributed by atoms with Crippen molar-refractivity contribution in [1.82, 2.24) is 0 Å². The third kappa shape index (κ3) is 3.09. The Hall–Kier alpha value is -0.810. The monoisotopic (exact) mass is 309 g/mol. The molecule has 1 aromatic rings. The van der Waals surface area contributed by atoms with Gasteiger partial charge in [0.25, 0.3) is 5.91 Å². The molecule has 1 aromatic carbocycles. The Labute approximate surface area is 106 Å². The summed E-state index contributed by atoms with van der Waals surface area (Å²) in [6.07, 6.45) is -0.372. The van der Waals surface area contributed by atoms with Gasteiger partial charge in [0.15, 0.2) is 6.10 Å². The summed E-state index contributed by atoms with van der Waals surface area (Å²) >= 11 is 8.73. The summed E-state index contributed by atoms with van der Waals surface area (Å²) in [5.74, 6) is -1.00. The minimum atomic E-state index is -0.781. The van der Waals surface area contributed by atoms with Gasteiger partial charge < -0.3 is 10.5 Å². The smallest absolute Gasteiger partial charge is 0.258 e. The van der Waals surface area contributed by atoms with E-state index in [0.29, 0.717) is 10.9 Å². The third-order valence-corrected chi connectivity index (χ3v) is 2.84. The highest BCUT2D eigenvalue weighted by molar-refractivity contribution is 9.10. The maximum absolute atomic E-state index is 13.2. The number of rotatable bonds is 4. The van der Waals surface area contributed by atoms with E-state index in [-0.39, 0.29) is 10.8 Å². The zero-order chi connectivity index (χ0) is 12.3. The van der Waals surface area contributed by atoms with Gasteiger partial charge in [-0.25, -0.2) is 4.39 Å². The lowest BCUT2D eigenvalue weighted by Gasteiger charge is -2.15. The molecular formula is C10H10BrClFNO2. The van der Waals surface area contributed by atoms with Crippen molar-refractivity contribution in [2.24, 2.45) is 5.73 Å². The molecular weight excluding hydrogens is 300 g/mol. The number of halogens is 3. The van der Waals surface area contributed by atoms with Crippen LogP contribution in [0.2, 0.25) is 5.02 Å². The molecule has 0 heterocycles. The van der Waals surface area contributed by atoms with Crippen LogP contribution in [-0.4, -0.2) is 12.0 Å². The number of primary amides is 1. The lowest BCUT2D eigenvalue weighted by atomic mass is 10.2. The lowest BCUT2D eigenvalue weighted by molar-refractivity contribution is -0.124. The normalized spacial score (nSPS) is 12.2. The van der Waals surface area contributed by atoms with Crippen LogP contribution < -0.4 is 10.5 Å². The molecule has 0 fully saturated rings. The third-order valence-electron chi connectivity index (χ3n) is 1.93. The Morgan fingerprint density at radius 1 is 1.69 bits per heavy atom. The first-order valence-corrected chi connectivity index (χ1v) is 5.73. The second kappa shape index (κ2) is 5.50. The Morgan fingerprint density at radius 3 is 2.81 bits per heavy atom. The highest BCUT2D eigenvalue weighted by Gasteiger charge is 2.17. The number of hydrogen-bond donors (Lipinski definition) is 1. The summed E-state index contributed by atoms with van der Waals surface area (Å²) in [5.41, 5.74) is 5.11. The molecule has 0 saturated heterocycles. The molecule has 1 atom stereocenters. The second-order valence-corrected chi connectivity index (χ2v) is 4.38. The summed E-state index contributed by atoms with van der Waals surface area (Å²) in [6, 6.07) is 2.47. The zero-order valence-corrected chi connectivity index (χ0v) is 10.8. The van der Waals surface area contributed by atoms with Gasteiger partial charge in [-0.1, -0.05) is 18.5 Å². The van der Waals surface area contributed by atoms with Crippen molar-refractivity contribution in [3.63, 3.8) is 0 Å². The van der Waals surface area contributed by atoms with Gasteiger partial charge in [-0.2, -0.15) is 0 Å². The van der Waals surface area contributed by atoms with Crippen molar-refractivity contribution in [1.29, 1.82) is 0 Å². The van der Waals surface area contributed by atoms with Gasteiger partial charge in [0.05, 0.1) is 9.50 Å². The van der Waals surface area contributed by atoms with Crippen molar-refractivity contribution in [2.45, 2.75) is 19.4 Å². The highest BCUT2D eigenvalue weighted by Crippen LogP contribution is 2.31. The van der Waals surface area contributed by atoms with Gasteiger partial charge in [-0.15, -0.1) is 0 Å².